The van der Waals surface area contributed by atoms with E-state index in [0.29, 0.717) is 18.0 Å². The van der Waals surface area contributed by atoms with E-state index < -0.39 is 10.0 Å². The number of nitrogens with two attached hydrogens (primary N) is 1. The molecule has 0 saturated carbocycles. The molecule has 0 atom stereocenters. The summed E-state index contributed by atoms with van der Waals surface area (Å²) in [7, 11) is -2.03. The van der Waals surface area contributed by atoms with Crippen molar-refractivity contribution < 1.29 is 13.2 Å². The van der Waals surface area contributed by atoms with E-state index in [1.807, 2.05) is 11.8 Å². The minimum atomic E-state index is -3.50. The molecule has 0 aliphatic rings. The van der Waals surface area contributed by atoms with E-state index in [9.17, 15) is 8.42 Å². The van der Waals surface area contributed by atoms with Crippen LogP contribution in [0, 0.1) is 0 Å². The van der Waals surface area contributed by atoms with Crippen molar-refractivity contribution in [3.63, 3.8) is 0 Å². The second-order valence-corrected chi connectivity index (χ2v) is 7.46. The number of anilines is 1. The highest BCUT2D eigenvalue weighted by Crippen LogP contribution is 2.24. The first kappa shape index (κ1) is 18.1. The lowest BCUT2D eigenvalue weighted by atomic mass is 10.2. The number of benzene rings is 1. The molecule has 5 nitrogen and oxygen atoms in total. The van der Waals surface area contributed by atoms with E-state index in [-0.39, 0.29) is 4.90 Å². The lowest BCUT2D eigenvalue weighted by molar-refractivity contribution is 0.415. The van der Waals surface area contributed by atoms with Crippen LogP contribution in [0.4, 0.5) is 5.69 Å². The van der Waals surface area contributed by atoms with Crippen LogP contribution < -0.4 is 15.2 Å². The fourth-order valence-corrected chi connectivity index (χ4v) is 3.46. The number of hydrogen-bond donors (Lipinski definition) is 2. The quantitative estimate of drug-likeness (QED) is 0.508. The molecule has 1 rings (SSSR count). The fourth-order valence-electron chi connectivity index (χ4n) is 1.87. The molecule has 0 aromatic heterocycles. The summed E-state index contributed by atoms with van der Waals surface area (Å²) in [4.78, 5) is 0.177. The van der Waals surface area contributed by atoms with E-state index in [1.54, 1.807) is 0 Å². The first-order valence-corrected chi connectivity index (χ1v) is 9.81. The Hall–Kier alpha value is -0.920. The Kier molecular flexibility index (Phi) is 7.92. The van der Waals surface area contributed by atoms with Crippen LogP contribution in [0.2, 0.25) is 0 Å². The Morgan fingerprint density at radius 3 is 2.62 bits per heavy atom. The maximum absolute atomic E-state index is 12.1. The SMILES string of the molecule is COc1cc(S(=O)(=O)NCCCCCCSC)ccc1N. The smallest absolute Gasteiger partial charge is 0.240 e. The van der Waals surface area contributed by atoms with Crippen LogP contribution in [0.3, 0.4) is 0 Å². The average Bonchev–Trinajstić information content (AvgIpc) is 2.46. The van der Waals surface area contributed by atoms with Gasteiger partial charge in [-0.25, -0.2) is 13.1 Å². The summed E-state index contributed by atoms with van der Waals surface area (Å²) in [5.74, 6) is 1.53. The molecule has 21 heavy (non-hydrogen) atoms. The Labute approximate surface area is 131 Å². The molecule has 0 aliphatic carbocycles. The largest absolute Gasteiger partial charge is 0.495 e. The van der Waals surface area contributed by atoms with Crippen molar-refractivity contribution in [1.82, 2.24) is 4.72 Å². The van der Waals surface area contributed by atoms with Gasteiger partial charge in [-0.05, 0) is 37.0 Å². The Morgan fingerprint density at radius 1 is 1.24 bits per heavy atom. The zero-order chi connectivity index (χ0) is 15.7. The summed E-state index contributed by atoms with van der Waals surface area (Å²) >= 11 is 1.84. The van der Waals surface area contributed by atoms with E-state index in [4.69, 9.17) is 10.5 Å². The van der Waals surface area contributed by atoms with Crippen LogP contribution in [0.25, 0.3) is 0 Å². The summed E-state index contributed by atoms with van der Waals surface area (Å²) in [6.45, 7) is 0.453. The van der Waals surface area contributed by atoms with Gasteiger partial charge in [-0.2, -0.15) is 11.8 Å². The number of nitrogens with one attached hydrogen (secondary N) is 1. The Bertz CT molecular complexity index is 533. The van der Waals surface area contributed by atoms with Gasteiger partial charge in [0, 0.05) is 12.6 Å². The van der Waals surface area contributed by atoms with E-state index in [2.05, 4.69) is 11.0 Å². The summed E-state index contributed by atoms with van der Waals surface area (Å²) < 4.78 is 31.9. The molecule has 0 saturated heterocycles. The summed E-state index contributed by atoms with van der Waals surface area (Å²) in [5.41, 5.74) is 6.10. The standard InChI is InChI=1S/C14H24N2O3S2/c1-19-14-11-12(7-8-13(14)15)21(17,18)16-9-5-3-4-6-10-20-2/h7-8,11,16H,3-6,9-10,15H2,1-2H3. The molecule has 0 unspecified atom stereocenters. The first-order chi connectivity index (χ1) is 10.0. The van der Waals surface area contributed by atoms with Crippen LogP contribution in [0.1, 0.15) is 25.7 Å². The molecule has 0 radical (unpaired) electrons. The van der Waals surface area contributed by atoms with Gasteiger partial charge < -0.3 is 10.5 Å². The lowest BCUT2D eigenvalue weighted by Gasteiger charge is -2.09. The number of methoxy groups -OCH3 is 1. The van der Waals surface area contributed by atoms with Crippen LogP contribution in [0.5, 0.6) is 5.75 Å². The predicted octanol–water partition coefficient (Wildman–Crippen LogP) is 2.48. The second kappa shape index (κ2) is 9.17. The van der Waals surface area contributed by atoms with Gasteiger partial charge in [-0.1, -0.05) is 12.8 Å². The summed E-state index contributed by atoms with van der Waals surface area (Å²) in [6, 6.07) is 4.46. The molecule has 7 heteroatoms. The number of sulfonamides is 1. The van der Waals surface area contributed by atoms with Gasteiger partial charge in [0.25, 0.3) is 0 Å². The van der Waals surface area contributed by atoms with E-state index in [0.717, 1.165) is 25.0 Å². The molecule has 0 heterocycles. The van der Waals surface area contributed by atoms with Gasteiger partial charge in [0.15, 0.2) is 0 Å². The van der Waals surface area contributed by atoms with Crippen LogP contribution in [-0.2, 0) is 10.0 Å². The highest BCUT2D eigenvalue weighted by Gasteiger charge is 2.15. The number of hydrogen-bond acceptors (Lipinski definition) is 5. The van der Waals surface area contributed by atoms with Gasteiger partial charge in [0.05, 0.1) is 17.7 Å². The van der Waals surface area contributed by atoms with Crippen LogP contribution in [0.15, 0.2) is 23.1 Å². The third kappa shape index (κ3) is 6.15. The average molecular weight is 332 g/mol. The first-order valence-electron chi connectivity index (χ1n) is 6.93. The zero-order valence-electron chi connectivity index (χ0n) is 12.6. The van der Waals surface area contributed by atoms with Crippen molar-refractivity contribution in [3.8, 4) is 5.75 Å². The zero-order valence-corrected chi connectivity index (χ0v) is 14.2. The Balaban J connectivity index is 2.46. The monoisotopic (exact) mass is 332 g/mol. The molecule has 120 valence electrons. The minimum absolute atomic E-state index is 0.177. The number of rotatable bonds is 10. The van der Waals surface area contributed by atoms with Crippen LogP contribution >= 0.6 is 11.8 Å². The molecular weight excluding hydrogens is 308 g/mol. The van der Waals surface area contributed by atoms with Crippen molar-refractivity contribution >= 4 is 27.5 Å². The molecule has 0 bridgehead atoms. The fraction of sp³-hybridized carbons (Fsp3) is 0.571. The summed E-state index contributed by atoms with van der Waals surface area (Å²) in [5, 5.41) is 0. The molecule has 1 aromatic carbocycles. The normalized spacial score (nSPS) is 11.5. The van der Waals surface area contributed by atoms with Gasteiger partial charge in [0.1, 0.15) is 5.75 Å². The summed E-state index contributed by atoms with van der Waals surface area (Å²) in [6.07, 6.45) is 6.30. The second-order valence-electron chi connectivity index (χ2n) is 4.71. The van der Waals surface area contributed by atoms with Gasteiger partial charge in [0.2, 0.25) is 10.0 Å². The molecule has 3 N–H and O–H groups in total. The van der Waals surface area contributed by atoms with E-state index >= 15 is 0 Å². The highest BCUT2D eigenvalue weighted by molar-refractivity contribution is 7.98. The number of ether oxygens (including phenoxy) is 1. The molecular formula is C14H24N2O3S2. The molecule has 0 amide bonds. The molecule has 1 aromatic rings. The van der Waals surface area contributed by atoms with Crippen molar-refractivity contribution in [1.29, 1.82) is 0 Å². The Morgan fingerprint density at radius 2 is 1.95 bits per heavy atom. The van der Waals surface area contributed by atoms with Crippen molar-refractivity contribution in [3.05, 3.63) is 18.2 Å². The number of nitrogen functional groups attached to an aromatic ring is 1. The highest BCUT2D eigenvalue weighted by atomic mass is 32.2. The molecule has 0 aliphatic heterocycles. The van der Waals surface area contributed by atoms with Gasteiger partial charge in [-0.3, -0.25) is 0 Å². The maximum Gasteiger partial charge on any atom is 0.240 e. The number of unbranched alkanes of at least 4 members (excludes halogenated alkanes) is 3. The van der Waals surface area contributed by atoms with Crippen molar-refractivity contribution in [2.24, 2.45) is 0 Å². The van der Waals surface area contributed by atoms with Crippen molar-refractivity contribution in [2.75, 3.05) is 31.4 Å². The third-order valence-corrected chi connectivity index (χ3v) is 5.24. The van der Waals surface area contributed by atoms with Crippen molar-refractivity contribution in [2.45, 2.75) is 30.6 Å². The van der Waals surface area contributed by atoms with Crippen LogP contribution in [-0.4, -0.2) is 34.1 Å². The lowest BCUT2D eigenvalue weighted by Crippen LogP contribution is -2.24. The molecule has 0 fully saturated rings. The third-order valence-electron chi connectivity index (χ3n) is 3.08. The minimum Gasteiger partial charge on any atom is -0.495 e. The number of thioether (sulfide) groups is 1. The maximum atomic E-state index is 12.1. The van der Waals surface area contributed by atoms with Gasteiger partial charge >= 0.3 is 0 Å². The molecule has 0 spiro atoms. The topological polar surface area (TPSA) is 81.4 Å². The van der Waals surface area contributed by atoms with E-state index in [1.165, 1.54) is 31.7 Å². The van der Waals surface area contributed by atoms with Gasteiger partial charge in [-0.15, -0.1) is 0 Å². The predicted molar refractivity (Wildman–Crippen MR) is 89.4 cm³/mol.